The molecule has 6 nitrogen and oxygen atoms in total. The minimum Gasteiger partial charge on any atom is -0.493 e. The fraction of sp³-hybridized carbons (Fsp3) is 0.500. The van der Waals surface area contributed by atoms with Crippen LogP contribution in [0.4, 0.5) is 0 Å². The zero-order valence-electron chi connectivity index (χ0n) is 21.6. The number of ether oxygens (including phenoxy) is 1. The molecule has 2 fully saturated rings. The zero-order valence-corrected chi connectivity index (χ0v) is 22.3. The first kappa shape index (κ1) is 26.1. The number of nitrogens with zero attached hydrogens (tertiary/aromatic N) is 2. The Morgan fingerprint density at radius 1 is 0.973 bits per heavy atom. The average molecular weight is 524 g/mol. The quantitative estimate of drug-likeness (QED) is 0.313. The molecular formula is C30H38ClN3O3. The van der Waals surface area contributed by atoms with E-state index in [0.29, 0.717) is 19.2 Å². The molecule has 1 N–H and O–H groups in total. The van der Waals surface area contributed by atoms with Gasteiger partial charge in [0.2, 0.25) is 5.91 Å². The van der Waals surface area contributed by atoms with Crippen molar-refractivity contribution >= 4 is 28.5 Å². The SMILES string of the molecule is O=C(CN1CCN(CCCCCOc2ccc3c(-c4ccc(Cl)cc4)coc3c2)CC1)NC1CCCC1. The smallest absolute Gasteiger partial charge is 0.234 e. The summed E-state index contributed by atoms with van der Waals surface area (Å²) in [5.74, 6) is 1.05. The first-order chi connectivity index (χ1) is 18.1. The van der Waals surface area contributed by atoms with Gasteiger partial charge in [0, 0.05) is 54.3 Å². The number of hydrogen-bond donors (Lipinski definition) is 1. The molecule has 2 aromatic carbocycles. The van der Waals surface area contributed by atoms with Crippen molar-refractivity contribution in [1.82, 2.24) is 15.1 Å². The second-order valence-electron chi connectivity index (χ2n) is 10.4. The van der Waals surface area contributed by atoms with Gasteiger partial charge in [-0.1, -0.05) is 36.6 Å². The van der Waals surface area contributed by atoms with Crippen LogP contribution in [0.5, 0.6) is 5.75 Å². The lowest BCUT2D eigenvalue weighted by atomic mass is 10.0. The predicted octanol–water partition coefficient (Wildman–Crippen LogP) is 5.98. The second-order valence-corrected chi connectivity index (χ2v) is 10.8. The third-order valence-corrected chi connectivity index (χ3v) is 7.89. The monoisotopic (exact) mass is 523 g/mol. The molecule has 2 aliphatic rings. The van der Waals surface area contributed by atoms with Crippen LogP contribution in [0.15, 0.2) is 53.1 Å². The number of halogens is 1. The maximum absolute atomic E-state index is 12.3. The topological polar surface area (TPSA) is 58.0 Å². The van der Waals surface area contributed by atoms with Crippen LogP contribution >= 0.6 is 11.6 Å². The minimum absolute atomic E-state index is 0.202. The van der Waals surface area contributed by atoms with Crippen LogP contribution in [0.3, 0.4) is 0 Å². The average Bonchev–Trinajstić information content (AvgIpc) is 3.57. The Hall–Kier alpha value is -2.54. The van der Waals surface area contributed by atoms with E-state index in [-0.39, 0.29) is 5.91 Å². The van der Waals surface area contributed by atoms with Crippen molar-refractivity contribution in [3.8, 4) is 16.9 Å². The molecular weight excluding hydrogens is 486 g/mol. The van der Waals surface area contributed by atoms with E-state index in [9.17, 15) is 4.79 Å². The van der Waals surface area contributed by atoms with Gasteiger partial charge in [0.1, 0.15) is 11.3 Å². The number of furan rings is 1. The van der Waals surface area contributed by atoms with Gasteiger partial charge in [0.05, 0.1) is 19.4 Å². The van der Waals surface area contributed by atoms with Gasteiger partial charge < -0.3 is 19.4 Å². The van der Waals surface area contributed by atoms with Gasteiger partial charge in [0.25, 0.3) is 0 Å². The number of carbonyl (C=O) groups is 1. The summed E-state index contributed by atoms with van der Waals surface area (Å²) in [6.07, 6.45) is 9.95. The summed E-state index contributed by atoms with van der Waals surface area (Å²) in [6.45, 7) is 6.44. The summed E-state index contributed by atoms with van der Waals surface area (Å²) in [6, 6.07) is 14.3. The molecule has 1 saturated carbocycles. The zero-order chi connectivity index (χ0) is 25.5. The third-order valence-electron chi connectivity index (χ3n) is 7.64. The molecule has 0 spiro atoms. The molecule has 7 heteroatoms. The van der Waals surface area contributed by atoms with Gasteiger partial charge in [-0.2, -0.15) is 0 Å². The number of hydrogen-bond acceptors (Lipinski definition) is 5. The third kappa shape index (κ3) is 7.28. The van der Waals surface area contributed by atoms with E-state index in [0.717, 1.165) is 91.3 Å². The van der Waals surface area contributed by atoms with Crippen LogP contribution in [0, 0.1) is 0 Å². The highest BCUT2D eigenvalue weighted by Crippen LogP contribution is 2.33. The molecule has 1 aliphatic heterocycles. The number of amides is 1. The molecule has 1 saturated heterocycles. The summed E-state index contributed by atoms with van der Waals surface area (Å²) in [4.78, 5) is 17.1. The minimum atomic E-state index is 0.202. The lowest BCUT2D eigenvalue weighted by Crippen LogP contribution is -2.50. The molecule has 1 amide bonds. The molecule has 0 bridgehead atoms. The highest BCUT2D eigenvalue weighted by Gasteiger charge is 2.21. The first-order valence-corrected chi connectivity index (χ1v) is 14.2. The Labute approximate surface area is 224 Å². The van der Waals surface area contributed by atoms with Crippen molar-refractivity contribution in [3.05, 3.63) is 53.8 Å². The molecule has 1 aromatic heterocycles. The Morgan fingerprint density at radius 2 is 1.73 bits per heavy atom. The van der Waals surface area contributed by atoms with E-state index in [1.54, 1.807) is 6.26 Å². The number of nitrogens with one attached hydrogen (secondary N) is 1. The van der Waals surface area contributed by atoms with Crippen LogP contribution in [-0.4, -0.2) is 67.6 Å². The van der Waals surface area contributed by atoms with E-state index in [4.69, 9.17) is 20.8 Å². The molecule has 5 rings (SSSR count). The Bertz CT molecular complexity index is 1150. The van der Waals surface area contributed by atoms with E-state index >= 15 is 0 Å². The second kappa shape index (κ2) is 12.8. The summed E-state index contributed by atoms with van der Waals surface area (Å²) in [7, 11) is 0. The lowest BCUT2D eigenvalue weighted by molar-refractivity contribution is -0.123. The van der Waals surface area contributed by atoms with E-state index in [1.165, 1.54) is 19.3 Å². The number of rotatable bonds is 11. The number of piperazine rings is 1. The van der Waals surface area contributed by atoms with Gasteiger partial charge in [-0.3, -0.25) is 9.69 Å². The largest absolute Gasteiger partial charge is 0.493 e. The predicted molar refractivity (Wildman–Crippen MR) is 149 cm³/mol. The first-order valence-electron chi connectivity index (χ1n) is 13.8. The Balaban J connectivity index is 0.959. The van der Waals surface area contributed by atoms with E-state index in [1.807, 2.05) is 36.4 Å². The van der Waals surface area contributed by atoms with Crippen molar-refractivity contribution < 1.29 is 13.9 Å². The van der Waals surface area contributed by atoms with Gasteiger partial charge in [-0.25, -0.2) is 0 Å². The lowest BCUT2D eigenvalue weighted by Gasteiger charge is -2.34. The molecule has 1 aliphatic carbocycles. The van der Waals surface area contributed by atoms with E-state index in [2.05, 4.69) is 21.2 Å². The molecule has 37 heavy (non-hydrogen) atoms. The molecule has 3 aromatic rings. The standard InChI is InChI=1S/C30H38ClN3O3/c31-24-10-8-23(9-11-24)28-22-37-29-20-26(12-13-27(28)29)36-19-5-1-4-14-33-15-17-34(18-16-33)21-30(35)32-25-6-2-3-7-25/h8-13,20,22,25H,1-7,14-19,21H2,(H,32,35). The van der Waals surface area contributed by atoms with E-state index < -0.39 is 0 Å². The molecule has 0 radical (unpaired) electrons. The summed E-state index contributed by atoms with van der Waals surface area (Å²) >= 11 is 6.02. The Morgan fingerprint density at radius 3 is 2.51 bits per heavy atom. The van der Waals surface area contributed by atoms with Crippen LogP contribution in [0.2, 0.25) is 5.02 Å². The van der Waals surface area contributed by atoms with Crippen molar-refractivity contribution in [3.63, 3.8) is 0 Å². The van der Waals surface area contributed by atoms with Gasteiger partial charge in [-0.15, -0.1) is 0 Å². The summed E-state index contributed by atoms with van der Waals surface area (Å²) in [5.41, 5.74) is 2.98. The maximum atomic E-state index is 12.3. The van der Waals surface area contributed by atoms with Crippen molar-refractivity contribution in [2.75, 3.05) is 45.9 Å². The molecule has 0 unspecified atom stereocenters. The van der Waals surface area contributed by atoms with Crippen LogP contribution < -0.4 is 10.1 Å². The highest BCUT2D eigenvalue weighted by molar-refractivity contribution is 6.30. The van der Waals surface area contributed by atoms with Crippen molar-refractivity contribution in [2.45, 2.75) is 51.0 Å². The van der Waals surface area contributed by atoms with Crippen molar-refractivity contribution in [2.24, 2.45) is 0 Å². The van der Waals surface area contributed by atoms with Crippen LogP contribution in [-0.2, 0) is 4.79 Å². The van der Waals surface area contributed by atoms with Gasteiger partial charge in [-0.05, 0) is 68.5 Å². The van der Waals surface area contributed by atoms with Crippen molar-refractivity contribution in [1.29, 1.82) is 0 Å². The van der Waals surface area contributed by atoms with Gasteiger partial charge >= 0.3 is 0 Å². The summed E-state index contributed by atoms with van der Waals surface area (Å²) < 4.78 is 11.8. The maximum Gasteiger partial charge on any atom is 0.234 e. The fourth-order valence-corrected chi connectivity index (χ4v) is 5.60. The highest BCUT2D eigenvalue weighted by atomic mass is 35.5. The Kier molecular flexibility index (Phi) is 9.03. The fourth-order valence-electron chi connectivity index (χ4n) is 5.47. The molecule has 198 valence electrons. The normalized spacial score (nSPS) is 17.4. The van der Waals surface area contributed by atoms with Crippen LogP contribution in [0.1, 0.15) is 44.9 Å². The van der Waals surface area contributed by atoms with Gasteiger partial charge in [0.15, 0.2) is 0 Å². The number of unbranched alkanes of at least 4 members (excludes halogenated alkanes) is 2. The van der Waals surface area contributed by atoms with Crippen LogP contribution in [0.25, 0.3) is 22.1 Å². The molecule has 0 atom stereocenters. The number of fused-ring (bicyclic) bond motifs is 1. The number of carbonyl (C=O) groups excluding carboxylic acids is 1. The summed E-state index contributed by atoms with van der Waals surface area (Å²) in [5, 5.41) is 5.01. The number of benzene rings is 2. The molecule has 2 heterocycles.